The number of ether oxygens (including phenoxy) is 1. The Kier molecular flexibility index (Phi) is 6.58. The summed E-state index contributed by atoms with van der Waals surface area (Å²) in [6.07, 6.45) is 0.437. The SMILES string of the molecule is CC(C)OCc1cccc(NC(=O)Cc2csc(-c3cc(Br)cs3)n2)c1. The fourth-order valence-corrected chi connectivity index (χ4v) is 4.63. The summed E-state index contributed by atoms with van der Waals surface area (Å²) in [5.74, 6) is -0.0730. The smallest absolute Gasteiger partial charge is 0.230 e. The van der Waals surface area contributed by atoms with Crippen LogP contribution in [0.15, 0.2) is 45.6 Å². The lowest BCUT2D eigenvalue weighted by Crippen LogP contribution is -2.14. The lowest BCUT2D eigenvalue weighted by molar-refractivity contribution is -0.115. The van der Waals surface area contributed by atoms with Gasteiger partial charge in [0.15, 0.2) is 0 Å². The molecule has 1 amide bonds. The van der Waals surface area contributed by atoms with E-state index in [1.165, 1.54) is 0 Å². The molecule has 1 aromatic carbocycles. The number of nitrogens with zero attached hydrogens (tertiary/aromatic N) is 1. The van der Waals surface area contributed by atoms with Crippen molar-refractivity contribution in [3.63, 3.8) is 0 Å². The summed E-state index contributed by atoms with van der Waals surface area (Å²) >= 11 is 6.64. The van der Waals surface area contributed by atoms with E-state index in [1.54, 1.807) is 22.7 Å². The molecule has 0 unspecified atom stereocenters. The van der Waals surface area contributed by atoms with Crippen molar-refractivity contribution < 1.29 is 9.53 Å². The number of hydrogen-bond donors (Lipinski definition) is 1. The van der Waals surface area contributed by atoms with Gasteiger partial charge in [-0.15, -0.1) is 22.7 Å². The van der Waals surface area contributed by atoms with Crippen LogP contribution in [0, 0.1) is 0 Å². The van der Waals surface area contributed by atoms with Crippen molar-refractivity contribution in [1.82, 2.24) is 4.98 Å². The molecule has 0 aliphatic heterocycles. The van der Waals surface area contributed by atoms with E-state index in [0.717, 1.165) is 31.3 Å². The highest BCUT2D eigenvalue weighted by atomic mass is 79.9. The standard InChI is InChI=1S/C19H19BrN2O2S2/c1-12(2)24-9-13-4-3-5-15(6-13)21-18(23)8-16-11-26-19(22-16)17-7-14(20)10-25-17/h3-7,10-12H,8-9H2,1-2H3,(H,21,23). The summed E-state index contributed by atoms with van der Waals surface area (Å²) in [4.78, 5) is 18.0. The third kappa shape index (κ3) is 5.48. The molecule has 0 aliphatic carbocycles. The molecule has 3 rings (SSSR count). The molecule has 1 N–H and O–H groups in total. The summed E-state index contributed by atoms with van der Waals surface area (Å²) in [5, 5.41) is 7.84. The number of anilines is 1. The van der Waals surface area contributed by atoms with Gasteiger partial charge in [-0.1, -0.05) is 12.1 Å². The molecule has 0 saturated carbocycles. The lowest BCUT2D eigenvalue weighted by Gasteiger charge is -2.09. The topological polar surface area (TPSA) is 51.2 Å². The van der Waals surface area contributed by atoms with Crippen molar-refractivity contribution in [2.24, 2.45) is 0 Å². The third-order valence-electron chi connectivity index (χ3n) is 3.47. The minimum Gasteiger partial charge on any atom is -0.374 e. The first-order chi connectivity index (χ1) is 12.5. The predicted molar refractivity (Wildman–Crippen MR) is 112 cm³/mol. The number of halogens is 1. The van der Waals surface area contributed by atoms with E-state index in [-0.39, 0.29) is 18.4 Å². The quantitative estimate of drug-likeness (QED) is 0.499. The maximum absolute atomic E-state index is 12.3. The highest BCUT2D eigenvalue weighted by Gasteiger charge is 2.11. The van der Waals surface area contributed by atoms with Crippen LogP contribution >= 0.6 is 38.6 Å². The van der Waals surface area contributed by atoms with Crippen LogP contribution in [0.4, 0.5) is 5.69 Å². The minimum absolute atomic E-state index is 0.0730. The van der Waals surface area contributed by atoms with E-state index in [4.69, 9.17) is 4.74 Å². The fraction of sp³-hybridized carbons (Fsp3) is 0.263. The van der Waals surface area contributed by atoms with Crippen LogP contribution < -0.4 is 5.32 Å². The van der Waals surface area contributed by atoms with Crippen LogP contribution in [0.5, 0.6) is 0 Å². The molecule has 0 saturated heterocycles. The maximum atomic E-state index is 12.3. The molecule has 0 fully saturated rings. The van der Waals surface area contributed by atoms with Crippen LogP contribution in [-0.2, 0) is 22.6 Å². The number of benzene rings is 1. The number of carbonyl (C=O) groups is 1. The van der Waals surface area contributed by atoms with Gasteiger partial charge in [-0.05, 0) is 53.5 Å². The van der Waals surface area contributed by atoms with Gasteiger partial charge in [0.2, 0.25) is 5.91 Å². The number of amides is 1. The Morgan fingerprint density at radius 1 is 1.27 bits per heavy atom. The van der Waals surface area contributed by atoms with E-state index in [9.17, 15) is 4.79 Å². The van der Waals surface area contributed by atoms with Gasteiger partial charge in [-0.2, -0.15) is 0 Å². The van der Waals surface area contributed by atoms with E-state index in [1.807, 2.05) is 54.9 Å². The summed E-state index contributed by atoms with van der Waals surface area (Å²) in [6, 6.07) is 9.77. The first-order valence-electron chi connectivity index (χ1n) is 8.19. The molecule has 0 spiro atoms. The molecule has 2 aromatic heterocycles. The van der Waals surface area contributed by atoms with E-state index < -0.39 is 0 Å². The van der Waals surface area contributed by atoms with Gasteiger partial charge in [0.1, 0.15) is 5.01 Å². The van der Waals surface area contributed by atoms with Crippen molar-refractivity contribution in [2.75, 3.05) is 5.32 Å². The first-order valence-corrected chi connectivity index (χ1v) is 10.7. The Hall–Kier alpha value is -1.54. The van der Waals surface area contributed by atoms with Gasteiger partial charge in [0.25, 0.3) is 0 Å². The van der Waals surface area contributed by atoms with Crippen LogP contribution in [0.2, 0.25) is 0 Å². The molecule has 7 heteroatoms. The van der Waals surface area contributed by atoms with E-state index in [0.29, 0.717) is 6.61 Å². The molecule has 0 radical (unpaired) electrons. The van der Waals surface area contributed by atoms with Gasteiger partial charge in [-0.3, -0.25) is 4.79 Å². The number of thiophene rings is 1. The third-order valence-corrected chi connectivity index (χ3v) is 6.22. The zero-order chi connectivity index (χ0) is 18.5. The van der Waals surface area contributed by atoms with Crippen molar-refractivity contribution in [3.05, 3.63) is 56.8 Å². The Bertz CT molecular complexity index is 889. The molecule has 3 aromatic rings. The van der Waals surface area contributed by atoms with Crippen LogP contribution in [-0.4, -0.2) is 17.0 Å². The molecule has 0 bridgehead atoms. The average Bonchev–Trinajstić information content (AvgIpc) is 3.22. The molecular weight excluding hydrogens is 432 g/mol. The van der Waals surface area contributed by atoms with Crippen molar-refractivity contribution >= 4 is 50.2 Å². The molecule has 136 valence electrons. The summed E-state index contributed by atoms with van der Waals surface area (Å²) in [5.41, 5.74) is 2.60. The predicted octanol–water partition coefficient (Wildman–Crippen LogP) is 5.74. The Labute approximate surface area is 169 Å². The monoisotopic (exact) mass is 450 g/mol. The summed E-state index contributed by atoms with van der Waals surface area (Å²) in [6.45, 7) is 4.54. The number of aromatic nitrogens is 1. The van der Waals surface area contributed by atoms with Gasteiger partial charge < -0.3 is 10.1 Å². The first kappa shape index (κ1) is 19.2. The van der Waals surface area contributed by atoms with Crippen LogP contribution in [0.1, 0.15) is 25.1 Å². The largest absolute Gasteiger partial charge is 0.374 e. The van der Waals surface area contributed by atoms with Gasteiger partial charge in [0.05, 0.1) is 29.7 Å². The number of hydrogen-bond acceptors (Lipinski definition) is 5. The van der Waals surface area contributed by atoms with E-state index >= 15 is 0 Å². The molecule has 0 atom stereocenters. The molecule has 4 nitrogen and oxygen atoms in total. The second kappa shape index (κ2) is 8.90. The normalized spacial score (nSPS) is 11.1. The Balaban J connectivity index is 1.59. The van der Waals surface area contributed by atoms with E-state index in [2.05, 4.69) is 26.2 Å². The second-order valence-electron chi connectivity index (χ2n) is 6.06. The number of carbonyl (C=O) groups excluding carboxylic acids is 1. The molecule has 26 heavy (non-hydrogen) atoms. The Morgan fingerprint density at radius 2 is 2.12 bits per heavy atom. The zero-order valence-corrected chi connectivity index (χ0v) is 17.7. The van der Waals surface area contributed by atoms with Gasteiger partial charge in [0, 0.05) is 20.9 Å². The van der Waals surface area contributed by atoms with Gasteiger partial charge in [-0.25, -0.2) is 4.98 Å². The summed E-state index contributed by atoms with van der Waals surface area (Å²) < 4.78 is 6.66. The summed E-state index contributed by atoms with van der Waals surface area (Å²) in [7, 11) is 0. The maximum Gasteiger partial charge on any atom is 0.230 e. The van der Waals surface area contributed by atoms with Crippen LogP contribution in [0.25, 0.3) is 9.88 Å². The second-order valence-corrected chi connectivity index (χ2v) is 8.74. The lowest BCUT2D eigenvalue weighted by atomic mass is 10.2. The number of thiazole rings is 1. The molecule has 0 aliphatic rings. The van der Waals surface area contributed by atoms with Crippen molar-refractivity contribution in [3.8, 4) is 9.88 Å². The van der Waals surface area contributed by atoms with Gasteiger partial charge >= 0.3 is 0 Å². The number of nitrogens with one attached hydrogen (secondary N) is 1. The minimum atomic E-state index is -0.0730. The van der Waals surface area contributed by atoms with Crippen molar-refractivity contribution in [2.45, 2.75) is 33.0 Å². The van der Waals surface area contributed by atoms with Crippen molar-refractivity contribution in [1.29, 1.82) is 0 Å². The molecular formula is C19H19BrN2O2S2. The highest BCUT2D eigenvalue weighted by molar-refractivity contribution is 9.10. The van der Waals surface area contributed by atoms with Crippen LogP contribution in [0.3, 0.4) is 0 Å². The number of rotatable bonds is 7. The zero-order valence-electron chi connectivity index (χ0n) is 14.5. The Morgan fingerprint density at radius 3 is 2.85 bits per heavy atom. The fourth-order valence-electron chi connectivity index (χ4n) is 2.30. The molecule has 2 heterocycles. The average molecular weight is 451 g/mol. The highest BCUT2D eigenvalue weighted by Crippen LogP contribution is 2.32.